The molecule has 4 rings (SSSR count). The number of nitrogens with zero attached hydrogens (tertiary/aromatic N) is 1. The van der Waals surface area contributed by atoms with Gasteiger partial charge in [-0.05, 0) is 41.6 Å². The lowest BCUT2D eigenvalue weighted by Crippen LogP contribution is -2.30. The van der Waals surface area contributed by atoms with Crippen LogP contribution in [0.2, 0.25) is 0 Å². The largest absolute Gasteiger partial charge is 0.507 e. The number of hydrogen-bond acceptors (Lipinski definition) is 5. The van der Waals surface area contributed by atoms with Crippen molar-refractivity contribution in [1.82, 2.24) is 0 Å². The van der Waals surface area contributed by atoms with Crippen LogP contribution in [0, 0.1) is 17.6 Å². The smallest absolute Gasteiger partial charge is 0.300 e. The highest BCUT2D eigenvalue weighted by atomic mass is 32.1. The van der Waals surface area contributed by atoms with Crippen molar-refractivity contribution < 1.29 is 28.2 Å². The molecule has 1 unspecified atom stereocenters. The number of Topliss-reactive ketones (excluding diaryl/α,β-unsaturated/α-hetero) is 1. The van der Waals surface area contributed by atoms with E-state index >= 15 is 0 Å². The van der Waals surface area contributed by atoms with E-state index in [-0.39, 0.29) is 22.7 Å². The average Bonchev–Trinajstić information content (AvgIpc) is 3.40. The van der Waals surface area contributed by atoms with Gasteiger partial charge in [-0.2, -0.15) is 0 Å². The van der Waals surface area contributed by atoms with Crippen LogP contribution >= 0.6 is 11.3 Å². The Hall–Kier alpha value is -3.52. The highest BCUT2D eigenvalue weighted by Gasteiger charge is 2.48. The summed E-state index contributed by atoms with van der Waals surface area (Å²) in [5.41, 5.74) is -0.132. The molecule has 3 aromatic rings. The first-order valence-electron chi connectivity index (χ1n) is 10.3. The molecule has 0 spiro atoms. The summed E-state index contributed by atoms with van der Waals surface area (Å²) in [6.45, 7) is 4.47. The summed E-state index contributed by atoms with van der Waals surface area (Å²) in [4.78, 5) is 27.6. The van der Waals surface area contributed by atoms with Crippen molar-refractivity contribution >= 4 is 34.5 Å². The molecular weight excluding hydrogens is 448 g/mol. The average molecular weight is 470 g/mol. The van der Waals surface area contributed by atoms with E-state index in [2.05, 4.69) is 0 Å². The van der Waals surface area contributed by atoms with Gasteiger partial charge < -0.3 is 9.84 Å². The molecule has 33 heavy (non-hydrogen) atoms. The third kappa shape index (κ3) is 4.39. The minimum Gasteiger partial charge on any atom is -0.507 e. The molecule has 1 saturated heterocycles. The molecule has 1 aliphatic rings. The second kappa shape index (κ2) is 9.15. The molecule has 8 heteroatoms. The van der Waals surface area contributed by atoms with E-state index in [0.29, 0.717) is 23.3 Å². The Balaban J connectivity index is 1.85. The standard InChI is InChI=1S/C25H21F2NO4S/c1-14(2)13-32-17-6-3-5-15(11-17)23(29)21-22(20-7-4-10-33-20)28(25(31)24(21)30)19-9-8-16(26)12-18(19)27/h3-12,14,22,29H,13H2,1-2H3/b23-21-. The molecule has 5 nitrogen and oxygen atoms in total. The number of aliphatic hydroxyl groups is 1. The summed E-state index contributed by atoms with van der Waals surface area (Å²) in [5, 5.41) is 12.9. The molecular formula is C25H21F2NO4S. The van der Waals surface area contributed by atoms with Crippen LogP contribution in [0.5, 0.6) is 5.75 Å². The molecule has 0 saturated carbocycles. The fraction of sp³-hybridized carbons (Fsp3) is 0.200. The molecule has 0 radical (unpaired) electrons. The van der Waals surface area contributed by atoms with Crippen LogP contribution in [0.3, 0.4) is 0 Å². The molecule has 1 amide bonds. The summed E-state index contributed by atoms with van der Waals surface area (Å²) in [6.07, 6.45) is 0. The first-order valence-corrected chi connectivity index (χ1v) is 11.2. The summed E-state index contributed by atoms with van der Waals surface area (Å²) in [7, 11) is 0. The van der Waals surface area contributed by atoms with E-state index in [1.54, 1.807) is 41.8 Å². The van der Waals surface area contributed by atoms with Gasteiger partial charge in [0.15, 0.2) is 0 Å². The van der Waals surface area contributed by atoms with Crippen molar-refractivity contribution in [3.63, 3.8) is 0 Å². The fourth-order valence-corrected chi connectivity index (χ4v) is 4.45. The number of amides is 1. The van der Waals surface area contributed by atoms with E-state index in [4.69, 9.17) is 4.74 Å². The lowest BCUT2D eigenvalue weighted by atomic mass is 9.99. The van der Waals surface area contributed by atoms with Crippen LogP contribution in [0.15, 0.2) is 65.6 Å². The third-order valence-electron chi connectivity index (χ3n) is 5.12. The monoisotopic (exact) mass is 469 g/mol. The van der Waals surface area contributed by atoms with Crippen molar-refractivity contribution in [1.29, 1.82) is 0 Å². The summed E-state index contributed by atoms with van der Waals surface area (Å²) in [6, 6.07) is 11.7. The van der Waals surface area contributed by atoms with Gasteiger partial charge in [-0.1, -0.05) is 32.0 Å². The van der Waals surface area contributed by atoms with Crippen LogP contribution in [0.25, 0.3) is 5.76 Å². The minimum atomic E-state index is -1.06. The Kier molecular flexibility index (Phi) is 6.29. The van der Waals surface area contributed by atoms with Gasteiger partial charge in [-0.25, -0.2) is 8.78 Å². The number of ketones is 1. The normalized spacial score (nSPS) is 17.7. The zero-order valence-electron chi connectivity index (χ0n) is 17.9. The molecule has 0 aliphatic carbocycles. The summed E-state index contributed by atoms with van der Waals surface area (Å²) < 4.78 is 33.8. The number of carbonyl (C=O) groups excluding carboxylic acids is 2. The van der Waals surface area contributed by atoms with Gasteiger partial charge in [-0.3, -0.25) is 14.5 Å². The Morgan fingerprint density at radius 2 is 1.91 bits per heavy atom. The Morgan fingerprint density at radius 3 is 2.58 bits per heavy atom. The van der Waals surface area contributed by atoms with Crippen LogP contribution < -0.4 is 9.64 Å². The van der Waals surface area contributed by atoms with Crippen molar-refractivity contribution in [2.45, 2.75) is 19.9 Å². The second-order valence-corrected chi connectivity index (χ2v) is 8.99. The van der Waals surface area contributed by atoms with Gasteiger partial charge in [0.1, 0.15) is 29.2 Å². The van der Waals surface area contributed by atoms with Crippen molar-refractivity contribution in [2.24, 2.45) is 5.92 Å². The second-order valence-electron chi connectivity index (χ2n) is 8.01. The van der Waals surface area contributed by atoms with E-state index in [0.717, 1.165) is 17.0 Å². The van der Waals surface area contributed by atoms with E-state index < -0.39 is 35.1 Å². The molecule has 2 heterocycles. The molecule has 0 bridgehead atoms. The molecule has 1 fully saturated rings. The SMILES string of the molecule is CC(C)COc1cccc(/C(O)=C2/C(=O)C(=O)N(c3ccc(F)cc3F)C2c2cccs2)c1. The lowest BCUT2D eigenvalue weighted by Gasteiger charge is -2.24. The number of anilines is 1. The molecule has 1 N–H and O–H groups in total. The maximum absolute atomic E-state index is 14.6. The van der Waals surface area contributed by atoms with E-state index in [9.17, 15) is 23.5 Å². The highest BCUT2D eigenvalue weighted by molar-refractivity contribution is 7.10. The Bertz CT molecular complexity index is 1240. The zero-order valence-corrected chi connectivity index (χ0v) is 18.7. The van der Waals surface area contributed by atoms with E-state index in [1.165, 1.54) is 11.3 Å². The van der Waals surface area contributed by atoms with Crippen LogP contribution in [0.1, 0.15) is 30.3 Å². The first kappa shape index (κ1) is 22.7. The summed E-state index contributed by atoms with van der Waals surface area (Å²) in [5.74, 6) is -3.36. The van der Waals surface area contributed by atoms with Gasteiger partial charge >= 0.3 is 0 Å². The molecule has 1 atom stereocenters. The Labute approximate surface area is 193 Å². The maximum atomic E-state index is 14.6. The van der Waals surface area contributed by atoms with Crippen molar-refractivity contribution in [3.05, 3.63) is 87.6 Å². The number of hydrogen-bond donors (Lipinski definition) is 1. The van der Waals surface area contributed by atoms with Crippen molar-refractivity contribution in [2.75, 3.05) is 11.5 Å². The van der Waals surface area contributed by atoms with Crippen LogP contribution in [-0.4, -0.2) is 23.4 Å². The first-order chi connectivity index (χ1) is 15.8. The predicted molar refractivity (Wildman–Crippen MR) is 122 cm³/mol. The number of halogens is 2. The van der Waals surface area contributed by atoms with Gasteiger partial charge in [0, 0.05) is 16.5 Å². The summed E-state index contributed by atoms with van der Waals surface area (Å²) >= 11 is 1.25. The number of rotatable bonds is 6. The van der Waals surface area contributed by atoms with Crippen molar-refractivity contribution in [3.8, 4) is 5.75 Å². The van der Waals surface area contributed by atoms with Gasteiger partial charge in [0.2, 0.25) is 0 Å². The highest BCUT2D eigenvalue weighted by Crippen LogP contribution is 2.44. The zero-order chi connectivity index (χ0) is 23.7. The number of thiophene rings is 1. The molecule has 170 valence electrons. The maximum Gasteiger partial charge on any atom is 0.300 e. The molecule has 2 aromatic carbocycles. The topological polar surface area (TPSA) is 66.8 Å². The number of ether oxygens (including phenoxy) is 1. The number of benzene rings is 2. The number of aliphatic hydroxyl groups excluding tert-OH is 1. The Morgan fingerprint density at radius 1 is 1.12 bits per heavy atom. The van der Waals surface area contributed by atoms with Gasteiger partial charge in [0.05, 0.1) is 17.9 Å². The number of carbonyl (C=O) groups is 2. The quantitative estimate of drug-likeness (QED) is 0.286. The molecule has 1 aliphatic heterocycles. The third-order valence-corrected chi connectivity index (χ3v) is 6.04. The van der Waals surface area contributed by atoms with Gasteiger partial charge in [0.25, 0.3) is 11.7 Å². The molecule has 1 aromatic heterocycles. The van der Waals surface area contributed by atoms with Gasteiger partial charge in [-0.15, -0.1) is 11.3 Å². The fourth-order valence-electron chi connectivity index (χ4n) is 3.63. The predicted octanol–water partition coefficient (Wildman–Crippen LogP) is 5.69. The lowest BCUT2D eigenvalue weighted by molar-refractivity contribution is -0.132. The minimum absolute atomic E-state index is 0.174. The van der Waals surface area contributed by atoms with Crippen LogP contribution in [0.4, 0.5) is 14.5 Å². The van der Waals surface area contributed by atoms with E-state index in [1.807, 2.05) is 13.8 Å². The van der Waals surface area contributed by atoms with Crippen LogP contribution in [-0.2, 0) is 9.59 Å².